The van der Waals surface area contributed by atoms with Gasteiger partial charge in [-0.25, -0.2) is 4.98 Å². The van der Waals surface area contributed by atoms with Gasteiger partial charge in [-0.15, -0.1) is 9.42 Å². The van der Waals surface area contributed by atoms with Gasteiger partial charge in [-0.2, -0.15) is 4.98 Å². The lowest BCUT2D eigenvalue weighted by molar-refractivity contribution is -0.0903. The third-order valence-electron chi connectivity index (χ3n) is 8.61. The molecular weight excluding hydrogens is 649 g/mol. The number of nitrogens with one attached hydrogen (secondary N) is 2. The van der Waals surface area contributed by atoms with Gasteiger partial charge in [0.15, 0.2) is 11.2 Å². The average Bonchev–Trinajstić information content (AvgIpc) is 3.73. The summed E-state index contributed by atoms with van der Waals surface area (Å²) in [6.07, 6.45) is 1.20. The van der Waals surface area contributed by atoms with Gasteiger partial charge in [0, 0.05) is 17.5 Å². The van der Waals surface area contributed by atoms with Crippen molar-refractivity contribution in [3.8, 4) is 11.5 Å². The number of anilines is 1. The van der Waals surface area contributed by atoms with Gasteiger partial charge in [-0.3, -0.25) is 14.3 Å². The van der Waals surface area contributed by atoms with Crippen LogP contribution >= 0.6 is 8.25 Å². The van der Waals surface area contributed by atoms with E-state index in [-0.39, 0.29) is 18.5 Å². The molecule has 1 unspecified atom stereocenters. The molecule has 3 aromatic carbocycles. The highest BCUT2D eigenvalue weighted by Gasteiger charge is 2.46. The summed E-state index contributed by atoms with van der Waals surface area (Å²) in [5.41, 5.74) is 1.40. The van der Waals surface area contributed by atoms with Crippen molar-refractivity contribution >= 4 is 25.4 Å². The molecule has 1 aliphatic rings. The molecule has 3 N–H and O–H groups in total. The van der Waals surface area contributed by atoms with Gasteiger partial charge >= 0.3 is 8.25 Å². The van der Waals surface area contributed by atoms with Gasteiger partial charge in [0.2, 0.25) is 5.95 Å². The van der Waals surface area contributed by atoms with Crippen molar-refractivity contribution in [2.75, 3.05) is 32.7 Å². The van der Waals surface area contributed by atoms with Crippen molar-refractivity contribution in [1.29, 1.82) is 0 Å². The van der Waals surface area contributed by atoms with Crippen LogP contribution in [-0.2, 0) is 24.2 Å². The van der Waals surface area contributed by atoms with E-state index in [0.717, 1.165) is 29.5 Å². The molecule has 0 saturated carbocycles. The second-order valence-electron chi connectivity index (χ2n) is 11.6. The normalized spacial score (nSPS) is 18.0. The largest absolute Gasteiger partial charge is 0.695 e. The van der Waals surface area contributed by atoms with E-state index in [0.29, 0.717) is 29.6 Å². The highest BCUT2D eigenvalue weighted by molar-refractivity contribution is 7.32. The number of benzene rings is 3. The van der Waals surface area contributed by atoms with Crippen LogP contribution in [0, 0.1) is 0 Å². The molecule has 0 bridgehead atoms. The van der Waals surface area contributed by atoms with E-state index in [2.05, 4.69) is 27.2 Å². The number of nitrogens with zero attached hydrogens (tertiary/aromatic N) is 3. The van der Waals surface area contributed by atoms with Gasteiger partial charge in [-0.05, 0) is 47.4 Å². The lowest BCUT2D eigenvalue weighted by Gasteiger charge is -2.37. The zero-order valence-corrected chi connectivity index (χ0v) is 28.3. The number of imidazole rings is 1. The number of H-pyrrole nitrogens is 1. The van der Waals surface area contributed by atoms with Crippen LogP contribution in [0.3, 0.4) is 0 Å². The van der Waals surface area contributed by atoms with Crippen LogP contribution in [0.1, 0.15) is 49.1 Å². The number of fused-ring (bicyclic) bond motifs is 1. The number of ether oxygens (including phenoxy) is 4. The minimum absolute atomic E-state index is 0.0399. The highest BCUT2D eigenvalue weighted by Crippen LogP contribution is 2.44. The van der Waals surface area contributed by atoms with Crippen LogP contribution in [0.15, 0.2) is 90.0 Å². The summed E-state index contributed by atoms with van der Waals surface area (Å²) in [4.78, 5) is 34.3. The minimum Gasteiger partial charge on any atom is -0.497 e. The maximum atomic E-state index is 12.8. The third-order valence-corrected chi connectivity index (χ3v) is 9.06. The zero-order valence-electron chi connectivity index (χ0n) is 27.4. The van der Waals surface area contributed by atoms with Crippen LogP contribution in [0.2, 0.25) is 0 Å². The van der Waals surface area contributed by atoms with E-state index in [1.807, 2.05) is 78.9 Å². The number of hydrogen-bond donors (Lipinski definition) is 3. The standard InChI is InChI=1S/C35H38N5O8P/c1-4-5-19-36-34-38-32-31(33(41)39-34)37-22-40(32)30-20-28(48-49(42)43)29(47-30)21-46-35(23-9-7-6-8-10-23,24-11-15-26(44-2)16-12-24)25-13-17-27(45-3)18-14-25/h6-18,22,28-30H,4-5,19-21H2,1-3H3,(H2-,36,38,39,41,42,43)/p+1/t28-,29+,30+/m0/s1. The Morgan fingerprint density at radius 3 is 2.22 bits per heavy atom. The van der Waals surface area contributed by atoms with Crippen LogP contribution in [-0.4, -0.2) is 64.0 Å². The van der Waals surface area contributed by atoms with Crippen LogP contribution < -0.4 is 20.3 Å². The molecule has 5 aromatic rings. The molecule has 2 aromatic heterocycles. The fraction of sp³-hybridized carbons (Fsp3) is 0.343. The molecule has 1 aliphatic heterocycles. The number of unbranched alkanes of at least 4 members (excludes halogenated alkanes) is 1. The summed E-state index contributed by atoms with van der Waals surface area (Å²) < 4.78 is 43.6. The van der Waals surface area contributed by atoms with Gasteiger partial charge in [0.1, 0.15) is 35.5 Å². The van der Waals surface area contributed by atoms with Gasteiger partial charge < -0.3 is 24.3 Å². The Morgan fingerprint density at radius 1 is 1.00 bits per heavy atom. The second-order valence-corrected chi connectivity index (χ2v) is 12.3. The van der Waals surface area contributed by atoms with Gasteiger partial charge in [-0.1, -0.05) is 67.9 Å². The first-order chi connectivity index (χ1) is 23.9. The number of methoxy groups -OCH3 is 2. The molecule has 14 heteroatoms. The number of aromatic amines is 1. The summed E-state index contributed by atoms with van der Waals surface area (Å²) in [6, 6.07) is 25.0. The molecule has 1 fully saturated rings. The van der Waals surface area contributed by atoms with Crippen molar-refractivity contribution in [1.82, 2.24) is 19.5 Å². The molecule has 0 amide bonds. The van der Waals surface area contributed by atoms with Gasteiger partial charge in [0.05, 0.1) is 27.2 Å². The molecule has 0 aliphatic carbocycles. The maximum Gasteiger partial charge on any atom is 0.695 e. The predicted octanol–water partition coefficient (Wildman–Crippen LogP) is 5.68. The quantitative estimate of drug-likeness (QED) is 0.0706. The molecule has 256 valence electrons. The van der Waals surface area contributed by atoms with Crippen LogP contribution in [0.25, 0.3) is 11.2 Å². The van der Waals surface area contributed by atoms with Crippen molar-refractivity contribution in [2.24, 2.45) is 0 Å². The minimum atomic E-state index is -2.97. The summed E-state index contributed by atoms with van der Waals surface area (Å²) in [6.45, 7) is 2.68. The average molecular weight is 689 g/mol. The van der Waals surface area contributed by atoms with Crippen molar-refractivity contribution in [3.05, 3.63) is 112 Å². The summed E-state index contributed by atoms with van der Waals surface area (Å²) in [5.74, 6) is 1.70. The monoisotopic (exact) mass is 688 g/mol. The highest BCUT2D eigenvalue weighted by atomic mass is 31.1. The first kappa shape index (κ1) is 34.2. The number of hydrogen-bond acceptors (Lipinski definition) is 10. The Morgan fingerprint density at radius 2 is 1.63 bits per heavy atom. The molecule has 4 atom stereocenters. The van der Waals surface area contributed by atoms with E-state index in [1.165, 1.54) is 6.33 Å². The summed E-state index contributed by atoms with van der Waals surface area (Å²) >= 11 is 0. The topological polar surface area (TPSA) is 159 Å². The van der Waals surface area contributed by atoms with E-state index in [1.54, 1.807) is 18.8 Å². The number of aromatic nitrogens is 4. The molecular formula is C35H39N5O8P+. The molecule has 6 rings (SSSR count). The zero-order chi connectivity index (χ0) is 34.4. The summed E-state index contributed by atoms with van der Waals surface area (Å²) in [5, 5.41) is 3.15. The molecule has 49 heavy (non-hydrogen) atoms. The molecule has 3 heterocycles. The second kappa shape index (κ2) is 15.3. The Labute approximate surface area is 284 Å². The summed E-state index contributed by atoms with van der Waals surface area (Å²) in [7, 11) is 0.250. The number of rotatable bonds is 15. The Balaban J connectivity index is 1.37. The van der Waals surface area contributed by atoms with Crippen LogP contribution in [0.4, 0.5) is 5.95 Å². The van der Waals surface area contributed by atoms with E-state index >= 15 is 0 Å². The Kier molecular flexibility index (Phi) is 10.7. The lowest BCUT2D eigenvalue weighted by atomic mass is 9.80. The Hall–Kier alpha value is -4.65. The molecule has 1 saturated heterocycles. The SMILES string of the molecule is CCCCNc1nc2c(ncn2[C@H]2C[C@H](O[P+](=O)O)[C@@H](COC(c3ccccc3)(c3ccc(OC)cc3)c3ccc(OC)cc3)O2)c(=O)[nH]1. The lowest BCUT2D eigenvalue weighted by Crippen LogP contribution is -2.38. The first-order valence-corrected chi connectivity index (χ1v) is 17.2. The van der Waals surface area contributed by atoms with Crippen LogP contribution in [0.5, 0.6) is 11.5 Å². The van der Waals surface area contributed by atoms with Crippen molar-refractivity contribution in [3.63, 3.8) is 0 Å². The van der Waals surface area contributed by atoms with Crippen molar-refractivity contribution < 1.29 is 32.9 Å². The third kappa shape index (κ3) is 7.22. The predicted molar refractivity (Wildman–Crippen MR) is 183 cm³/mol. The molecule has 0 spiro atoms. The fourth-order valence-corrected chi connectivity index (χ4v) is 6.59. The van der Waals surface area contributed by atoms with E-state index < -0.39 is 37.9 Å². The first-order valence-electron chi connectivity index (χ1n) is 16.0. The van der Waals surface area contributed by atoms with E-state index in [4.69, 9.17) is 23.5 Å². The fourth-order valence-electron chi connectivity index (χ4n) is 6.13. The molecule has 13 nitrogen and oxygen atoms in total. The smallest absolute Gasteiger partial charge is 0.497 e. The van der Waals surface area contributed by atoms with E-state index in [9.17, 15) is 14.3 Å². The van der Waals surface area contributed by atoms with Gasteiger partial charge in [0.25, 0.3) is 5.56 Å². The maximum absolute atomic E-state index is 12.8. The van der Waals surface area contributed by atoms with Crippen molar-refractivity contribution in [2.45, 2.75) is 50.2 Å². The Bertz CT molecular complexity index is 1870. The molecule has 0 radical (unpaired) electrons.